The summed E-state index contributed by atoms with van der Waals surface area (Å²) in [4.78, 5) is 41.0. The zero-order valence-electron chi connectivity index (χ0n) is 16.7. The van der Waals surface area contributed by atoms with Crippen LogP contribution in [0.5, 0.6) is 0 Å². The summed E-state index contributed by atoms with van der Waals surface area (Å²) in [6, 6.07) is 6.23. The van der Waals surface area contributed by atoms with Gasteiger partial charge in [0.15, 0.2) is 0 Å². The van der Waals surface area contributed by atoms with Crippen LogP contribution in [0, 0.1) is 6.92 Å². The Labute approximate surface area is 201 Å². The van der Waals surface area contributed by atoms with Gasteiger partial charge in [-0.25, -0.2) is 10.2 Å². The van der Waals surface area contributed by atoms with Gasteiger partial charge in [0.1, 0.15) is 5.69 Å². The van der Waals surface area contributed by atoms with Crippen molar-refractivity contribution in [3.63, 3.8) is 0 Å². The van der Waals surface area contributed by atoms with Crippen LogP contribution in [-0.2, 0) is 4.74 Å². The topological polar surface area (TPSA) is 114 Å². The summed E-state index contributed by atoms with van der Waals surface area (Å²) in [5.41, 5.74) is 5.86. The standard InChI is InChI=1S/C20H16BrCl2N5O4/c1-10-5-12(22)7-13(18(29)26-27-20(31)32-2)17(10)25-19(30)16-6-11(21)9-28(16)15-3-4-24-8-14(15)23/h3-9H,1-2H3,(H,25,30)(H,26,29)(H,27,31). The molecule has 3 aromatic rings. The monoisotopic (exact) mass is 539 g/mol. The lowest BCUT2D eigenvalue weighted by Gasteiger charge is -2.16. The van der Waals surface area contributed by atoms with E-state index >= 15 is 0 Å². The highest BCUT2D eigenvalue weighted by molar-refractivity contribution is 9.10. The number of ether oxygens (including phenoxy) is 1. The number of nitrogens with one attached hydrogen (secondary N) is 3. The molecular weight excluding hydrogens is 525 g/mol. The van der Waals surface area contributed by atoms with Crippen LogP contribution in [0.15, 0.2) is 47.3 Å². The molecule has 166 valence electrons. The molecule has 0 aliphatic heterocycles. The molecule has 0 aliphatic rings. The van der Waals surface area contributed by atoms with Crippen molar-refractivity contribution in [2.45, 2.75) is 6.92 Å². The van der Waals surface area contributed by atoms with Gasteiger partial charge in [-0.2, -0.15) is 0 Å². The minimum Gasteiger partial charge on any atom is -0.452 e. The third-order valence-electron chi connectivity index (χ3n) is 4.28. The number of pyridine rings is 1. The van der Waals surface area contributed by atoms with Crippen molar-refractivity contribution in [2.75, 3.05) is 12.4 Å². The van der Waals surface area contributed by atoms with Gasteiger partial charge >= 0.3 is 6.09 Å². The smallest absolute Gasteiger partial charge is 0.425 e. The summed E-state index contributed by atoms with van der Waals surface area (Å²) in [6.45, 7) is 1.68. The van der Waals surface area contributed by atoms with E-state index in [9.17, 15) is 14.4 Å². The van der Waals surface area contributed by atoms with Crippen molar-refractivity contribution in [2.24, 2.45) is 0 Å². The third kappa shape index (κ3) is 5.21. The van der Waals surface area contributed by atoms with Crippen LogP contribution in [0.4, 0.5) is 10.5 Å². The summed E-state index contributed by atoms with van der Waals surface area (Å²) in [5, 5.41) is 3.37. The number of aromatic nitrogens is 2. The van der Waals surface area contributed by atoms with Gasteiger partial charge in [0.2, 0.25) is 0 Å². The molecule has 0 saturated heterocycles. The third-order valence-corrected chi connectivity index (χ3v) is 5.22. The Balaban J connectivity index is 1.96. The van der Waals surface area contributed by atoms with E-state index in [1.807, 2.05) is 0 Å². The van der Waals surface area contributed by atoms with Crippen molar-refractivity contribution in [1.82, 2.24) is 20.4 Å². The molecule has 3 rings (SSSR count). The number of halogens is 3. The number of carbonyl (C=O) groups is 3. The molecule has 0 spiro atoms. The van der Waals surface area contributed by atoms with Gasteiger partial charge in [-0.05, 0) is 52.7 Å². The van der Waals surface area contributed by atoms with Crippen LogP contribution in [0.3, 0.4) is 0 Å². The normalized spacial score (nSPS) is 10.4. The number of hydrazine groups is 1. The Morgan fingerprint density at radius 1 is 1.12 bits per heavy atom. The number of rotatable bonds is 4. The van der Waals surface area contributed by atoms with E-state index in [0.29, 0.717) is 20.7 Å². The summed E-state index contributed by atoms with van der Waals surface area (Å²) in [6.07, 6.45) is 3.84. The second-order valence-electron chi connectivity index (χ2n) is 6.41. The first-order chi connectivity index (χ1) is 15.2. The van der Waals surface area contributed by atoms with Crippen LogP contribution in [0.1, 0.15) is 26.4 Å². The second-order valence-corrected chi connectivity index (χ2v) is 8.17. The number of benzene rings is 1. The van der Waals surface area contributed by atoms with Crippen LogP contribution in [0.25, 0.3) is 5.69 Å². The summed E-state index contributed by atoms with van der Waals surface area (Å²) in [7, 11) is 1.15. The molecule has 0 aliphatic carbocycles. The van der Waals surface area contributed by atoms with E-state index in [-0.39, 0.29) is 22.0 Å². The molecule has 0 unspecified atom stereocenters. The number of hydrogen-bond donors (Lipinski definition) is 3. The van der Waals surface area contributed by atoms with E-state index < -0.39 is 17.9 Å². The van der Waals surface area contributed by atoms with Crippen molar-refractivity contribution in [3.05, 3.63) is 74.2 Å². The number of amides is 3. The first-order valence-electron chi connectivity index (χ1n) is 8.94. The maximum atomic E-state index is 13.2. The molecule has 0 fully saturated rings. The molecule has 3 amide bonds. The fourth-order valence-corrected chi connectivity index (χ4v) is 3.76. The first kappa shape index (κ1) is 23.6. The summed E-state index contributed by atoms with van der Waals surface area (Å²) in [5.74, 6) is -1.21. The number of carbonyl (C=O) groups excluding carboxylic acids is 3. The van der Waals surface area contributed by atoms with Gasteiger partial charge in [-0.15, -0.1) is 0 Å². The van der Waals surface area contributed by atoms with Crippen LogP contribution in [0.2, 0.25) is 10.0 Å². The summed E-state index contributed by atoms with van der Waals surface area (Å²) < 4.78 is 6.65. The lowest BCUT2D eigenvalue weighted by atomic mass is 10.1. The average molecular weight is 541 g/mol. The highest BCUT2D eigenvalue weighted by Gasteiger charge is 2.21. The van der Waals surface area contributed by atoms with Crippen LogP contribution < -0.4 is 16.2 Å². The Morgan fingerprint density at radius 3 is 2.56 bits per heavy atom. The molecule has 2 heterocycles. The van der Waals surface area contributed by atoms with Crippen molar-refractivity contribution >= 4 is 62.7 Å². The van der Waals surface area contributed by atoms with E-state index in [4.69, 9.17) is 23.2 Å². The number of anilines is 1. The highest BCUT2D eigenvalue weighted by Crippen LogP contribution is 2.28. The molecule has 0 bridgehead atoms. The largest absolute Gasteiger partial charge is 0.452 e. The predicted molar refractivity (Wildman–Crippen MR) is 123 cm³/mol. The highest BCUT2D eigenvalue weighted by atomic mass is 79.9. The number of hydrogen-bond acceptors (Lipinski definition) is 5. The molecule has 2 aromatic heterocycles. The second kappa shape index (κ2) is 10.0. The molecule has 12 heteroatoms. The van der Waals surface area contributed by atoms with Crippen molar-refractivity contribution in [1.29, 1.82) is 0 Å². The maximum absolute atomic E-state index is 13.2. The van der Waals surface area contributed by atoms with E-state index in [1.54, 1.807) is 42.1 Å². The molecular formula is C20H16BrCl2N5O4. The van der Waals surface area contributed by atoms with Crippen molar-refractivity contribution in [3.8, 4) is 5.69 Å². The number of methoxy groups -OCH3 is 1. The minimum absolute atomic E-state index is 0.0406. The molecule has 1 aromatic carbocycles. The lowest BCUT2D eigenvalue weighted by molar-refractivity contribution is 0.0921. The van der Waals surface area contributed by atoms with Crippen molar-refractivity contribution < 1.29 is 19.1 Å². The van der Waals surface area contributed by atoms with Crippen LogP contribution >= 0.6 is 39.1 Å². The molecule has 32 heavy (non-hydrogen) atoms. The fraction of sp³-hybridized carbons (Fsp3) is 0.100. The molecule has 3 N–H and O–H groups in total. The van der Waals surface area contributed by atoms with E-state index in [2.05, 4.69) is 41.8 Å². The number of nitrogens with zero attached hydrogens (tertiary/aromatic N) is 2. The lowest BCUT2D eigenvalue weighted by Crippen LogP contribution is -2.41. The Kier molecular flexibility index (Phi) is 7.39. The van der Waals surface area contributed by atoms with E-state index in [0.717, 1.165) is 7.11 Å². The Bertz CT molecular complexity index is 1210. The zero-order valence-corrected chi connectivity index (χ0v) is 19.8. The molecule has 0 atom stereocenters. The number of aryl methyl sites for hydroxylation is 1. The molecule has 9 nitrogen and oxygen atoms in total. The maximum Gasteiger partial charge on any atom is 0.425 e. The minimum atomic E-state index is -0.861. The zero-order chi connectivity index (χ0) is 23.4. The van der Waals surface area contributed by atoms with Gasteiger partial charge in [-0.3, -0.25) is 20.0 Å². The molecule has 0 saturated carbocycles. The fourth-order valence-electron chi connectivity index (χ4n) is 2.86. The summed E-state index contributed by atoms with van der Waals surface area (Å²) >= 11 is 15.7. The van der Waals surface area contributed by atoms with Gasteiger partial charge in [0.25, 0.3) is 11.8 Å². The van der Waals surface area contributed by atoms with Crippen LogP contribution in [-0.4, -0.2) is 34.6 Å². The van der Waals surface area contributed by atoms with Gasteiger partial charge in [-0.1, -0.05) is 23.2 Å². The first-order valence-corrected chi connectivity index (χ1v) is 10.5. The van der Waals surface area contributed by atoms with Gasteiger partial charge in [0.05, 0.1) is 29.1 Å². The Hall–Kier alpha value is -3.08. The molecule has 0 radical (unpaired) electrons. The van der Waals surface area contributed by atoms with Gasteiger partial charge < -0.3 is 14.6 Å². The average Bonchev–Trinajstić information content (AvgIpc) is 3.15. The predicted octanol–water partition coefficient (Wildman–Crippen LogP) is 4.50. The van der Waals surface area contributed by atoms with E-state index in [1.165, 1.54) is 12.3 Å². The quantitative estimate of drug-likeness (QED) is 0.421. The Morgan fingerprint density at radius 2 is 1.88 bits per heavy atom. The SMILES string of the molecule is COC(=O)NNC(=O)c1cc(Cl)cc(C)c1NC(=O)c1cc(Br)cn1-c1ccncc1Cl. The van der Waals surface area contributed by atoms with Gasteiger partial charge in [0, 0.05) is 28.1 Å².